The fourth-order valence-electron chi connectivity index (χ4n) is 3.41. The number of rotatable bonds is 12. The molecule has 0 saturated heterocycles. The average Bonchev–Trinajstić information content (AvgIpc) is 2.82. The number of allylic oxidation sites excluding steroid dienone is 2. The zero-order valence-electron chi connectivity index (χ0n) is 15.3. The second-order valence-corrected chi connectivity index (χ2v) is 7.05. The molecule has 5 nitrogen and oxygen atoms in total. The Hall–Kier alpha value is -1.17. The van der Waals surface area contributed by atoms with Gasteiger partial charge in [0, 0.05) is 18.8 Å². The third-order valence-electron chi connectivity index (χ3n) is 4.91. The molecular formula is C20H34O5. The highest BCUT2D eigenvalue weighted by Crippen LogP contribution is 2.36. The van der Waals surface area contributed by atoms with Crippen molar-refractivity contribution in [2.45, 2.75) is 83.0 Å². The smallest absolute Gasteiger partial charge is 0.303 e. The molecule has 4 N–H and O–H groups in total. The van der Waals surface area contributed by atoms with Crippen molar-refractivity contribution in [2.75, 3.05) is 0 Å². The van der Waals surface area contributed by atoms with Crippen LogP contribution in [0.5, 0.6) is 0 Å². The van der Waals surface area contributed by atoms with Gasteiger partial charge in [0.15, 0.2) is 0 Å². The molecule has 25 heavy (non-hydrogen) atoms. The van der Waals surface area contributed by atoms with Crippen molar-refractivity contribution in [1.82, 2.24) is 0 Å². The van der Waals surface area contributed by atoms with E-state index in [4.69, 9.17) is 5.11 Å². The van der Waals surface area contributed by atoms with Crippen molar-refractivity contribution in [1.29, 1.82) is 0 Å². The van der Waals surface area contributed by atoms with E-state index in [1.54, 1.807) is 6.08 Å². The summed E-state index contributed by atoms with van der Waals surface area (Å²) in [6.45, 7) is 2.12. The van der Waals surface area contributed by atoms with E-state index in [0.29, 0.717) is 25.7 Å². The Morgan fingerprint density at radius 2 is 1.92 bits per heavy atom. The van der Waals surface area contributed by atoms with E-state index < -0.39 is 24.3 Å². The van der Waals surface area contributed by atoms with Crippen LogP contribution in [0.25, 0.3) is 0 Å². The van der Waals surface area contributed by atoms with Gasteiger partial charge in [0.25, 0.3) is 0 Å². The Labute approximate surface area is 151 Å². The van der Waals surface area contributed by atoms with Gasteiger partial charge in [-0.05, 0) is 31.6 Å². The van der Waals surface area contributed by atoms with Crippen molar-refractivity contribution < 1.29 is 25.2 Å². The van der Waals surface area contributed by atoms with Crippen molar-refractivity contribution in [2.24, 2.45) is 11.8 Å². The lowest BCUT2D eigenvalue weighted by Gasteiger charge is -2.19. The number of hydrogen-bond donors (Lipinski definition) is 4. The van der Waals surface area contributed by atoms with E-state index in [9.17, 15) is 20.1 Å². The molecule has 0 aliphatic heterocycles. The minimum atomic E-state index is -0.787. The third-order valence-corrected chi connectivity index (χ3v) is 4.91. The predicted molar refractivity (Wildman–Crippen MR) is 98.1 cm³/mol. The monoisotopic (exact) mass is 354 g/mol. The molecule has 1 fully saturated rings. The summed E-state index contributed by atoms with van der Waals surface area (Å²) in [5.74, 6) is -1.00. The van der Waals surface area contributed by atoms with Crippen molar-refractivity contribution >= 4 is 5.97 Å². The molecule has 0 radical (unpaired) electrons. The molecule has 1 aliphatic rings. The summed E-state index contributed by atoms with van der Waals surface area (Å²) in [5, 5.41) is 39.0. The molecule has 1 saturated carbocycles. The first-order chi connectivity index (χ1) is 12.0. The van der Waals surface area contributed by atoms with Crippen LogP contribution < -0.4 is 0 Å². The molecular weight excluding hydrogens is 320 g/mol. The zero-order valence-corrected chi connectivity index (χ0v) is 15.3. The normalized spacial score (nSPS) is 28.2. The molecule has 0 spiro atoms. The van der Waals surface area contributed by atoms with Gasteiger partial charge in [0.05, 0.1) is 18.3 Å². The number of carbonyl (C=O) groups is 1. The second-order valence-electron chi connectivity index (χ2n) is 7.05. The Kier molecular flexibility index (Phi) is 10.7. The molecule has 0 aromatic rings. The van der Waals surface area contributed by atoms with Gasteiger partial charge in [-0.2, -0.15) is 0 Å². The average molecular weight is 354 g/mol. The highest BCUT2D eigenvalue weighted by Gasteiger charge is 2.39. The van der Waals surface area contributed by atoms with Crippen LogP contribution in [0.1, 0.15) is 64.7 Å². The molecule has 0 aromatic carbocycles. The summed E-state index contributed by atoms with van der Waals surface area (Å²) in [6, 6.07) is 0. The standard InChI is InChI=1S/C20H34O5/c1-2-3-6-9-15(21)12-13-17-16(18(22)14-19(17)23)10-7-4-5-8-11-20(24)25/h4,7,12-13,15-19,21-23H,2-3,5-6,8-11,14H2,1H3,(H,24,25)/b7-4-,13-12+/t15-,16+,17+,18+,19-/m1/s1. The maximum atomic E-state index is 10.5. The van der Waals surface area contributed by atoms with E-state index in [1.165, 1.54) is 0 Å². The Bertz CT molecular complexity index is 432. The zero-order chi connectivity index (χ0) is 18.7. The number of aliphatic hydroxyl groups excluding tert-OH is 3. The minimum absolute atomic E-state index is 0.0650. The molecule has 0 unspecified atom stereocenters. The summed E-state index contributed by atoms with van der Waals surface area (Å²) >= 11 is 0. The molecule has 0 amide bonds. The highest BCUT2D eigenvalue weighted by molar-refractivity contribution is 5.66. The number of carboxylic acids is 1. The number of hydrogen-bond acceptors (Lipinski definition) is 4. The molecule has 1 rings (SSSR count). The molecule has 5 heteroatoms. The Morgan fingerprint density at radius 3 is 2.60 bits per heavy atom. The van der Waals surface area contributed by atoms with Gasteiger partial charge in [0.1, 0.15) is 0 Å². The Morgan fingerprint density at radius 1 is 1.16 bits per heavy atom. The van der Waals surface area contributed by atoms with Crippen LogP contribution in [0.4, 0.5) is 0 Å². The van der Waals surface area contributed by atoms with Gasteiger partial charge in [-0.15, -0.1) is 0 Å². The first kappa shape index (κ1) is 21.9. The molecule has 144 valence electrons. The number of carboxylic acid groups (broad SMARTS) is 1. The van der Waals surface area contributed by atoms with Gasteiger partial charge in [-0.25, -0.2) is 0 Å². The largest absolute Gasteiger partial charge is 0.481 e. The van der Waals surface area contributed by atoms with Crippen LogP contribution in [-0.2, 0) is 4.79 Å². The molecule has 5 atom stereocenters. The fraction of sp³-hybridized carbons (Fsp3) is 0.750. The molecule has 1 aliphatic carbocycles. The summed E-state index contributed by atoms with van der Waals surface area (Å²) in [5.41, 5.74) is 0. The van der Waals surface area contributed by atoms with Crippen molar-refractivity contribution in [3.63, 3.8) is 0 Å². The van der Waals surface area contributed by atoms with Gasteiger partial charge in [-0.3, -0.25) is 4.79 Å². The Balaban J connectivity index is 2.46. The fourth-order valence-corrected chi connectivity index (χ4v) is 3.41. The molecule has 0 heterocycles. The first-order valence-electron chi connectivity index (χ1n) is 9.55. The predicted octanol–water partition coefficient (Wildman–Crippen LogP) is 3.04. The highest BCUT2D eigenvalue weighted by atomic mass is 16.4. The van der Waals surface area contributed by atoms with Crippen molar-refractivity contribution in [3.8, 4) is 0 Å². The van der Waals surface area contributed by atoms with E-state index in [1.807, 2.05) is 18.2 Å². The van der Waals surface area contributed by atoms with Crippen LogP contribution in [0.3, 0.4) is 0 Å². The maximum Gasteiger partial charge on any atom is 0.303 e. The summed E-state index contributed by atoms with van der Waals surface area (Å²) in [4.78, 5) is 10.5. The van der Waals surface area contributed by atoms with Gasteiger partial charge < -0.3 is 20.4 Å². The molecule has 0 bridgehead atoms. The van der Waals surface area contributed by atoms with Gasteiger partial charge in [-0.1, -0.05) is 50.5 Å². The van der Waals surface area contributed by atoms with Crippen LogP contribution in [0.2, 0.25) is 0 Å². The molecule has 0 aromatic heterocycles. The number of unbranched alkanes of at least 4 members (excludes halogenated alkanes) is 3. The minimum Gasteiger partial charge on any atom is -0.481 e. The van der Waals surface area contributed by atoms with Crippen LogP contribution in [0, 0.1) is 11.8 Å². The maximum absolute atomic E-state index is 10.5. The first-order valence-corrected chi connectivity index (χ1v) is 9.55. The van der Waals surface area contributed by atoms with E-state index in [0.717, 1.165) is 25.7 Å². The van der Waals surface area contributed by atoms with Crippen molar-refractivity contribution in [3.05, 3.63) is 24.3 Å². The topological polar surface area (TPSA) is 98.0 Å². The number of aliphatic carboxylic acids is 1. The van der Waals surface area contributed by atoms with E-state index in [2.05, 4.69) is 6.92 Å². The summed E-state index contributed by atoms with van der Waals surface area (Å²) in [6.07, 6.45) is 12.3. The van der Waals surface area contributed by atoms with E-state index in [-0.39, 0.29) is 18.3 Å². The summed E-state index contributed by atoms with van der Waals surface area (Å²) in [7, 11) is 0. The van der Waals surface area contributed by atoms with Gasteiger partial charge in [0.2, 0.25) is 0 Å². The van der Waals surface area contributed by atoms with Crippen LogP contribution in [-0.4, -0.2) is 44.7 Å². The lowest BCUT2D eigenvalue weighted by molar-refractivity contribution is -0.137. The van der Waals surface area contributed by atoms with Gasteiger partial charge >= 0.3 is 5.97 Å². The lowest BCUT2D eigenvalue weighted by Crippen LogP contribution is -2.20. The third kappa shape index (κ3) is 8.66. The lowest BCUT2D eigenvalue weighted by atomic mass is 9.89. The SMILES string of the molecule is CCCCC[C@@H](O)/C=C/[C@H]1[C@H](C/C=C\CCCC(=O)O)[C@@H](O)C[C@H]1O. The quantitative estimate of drug-likeness (QED) is 0.319. The number of aliphatic hydroxyl groups is 3. The summed E-state index contributed by atoms with van der Waals surface area (Å²) < 4.78 is 0. The van der Waals surface area contributed by atoms with Crippen LogP contribution in [0.15, 0.2) is 24.3 Å². The van der Waals surface area contributed by atoms with E-state index >= 15 is 0 Å². The second kappa shape index (κ2) is 12.2. The van der Waals surface area contributed by atoms with Crippen LogP contribution >= 0.6 is 0 Å².